The summed E-state index contributed by atoms with van der Waals surface area (Å²) in [6.45, 7) is 2.76. The Morgan fingerprint density at radius 3 is 2.47 bits per heavy atom. The first-order valence-corrected chi connectivity index (χ1v) is 12.7. The second kappa shape index (κ2) is 10.4. The third-order valence-corrected chi connectivity index (χ3v) is 7.01. The largest absolute Gasteiger partial charge is 0.475 e. The number of aromatic nitrogens is 4. The first-order valence-electron chi connectivity index (χ1n) is 12.7. The fourth-order valence-electron chi connectivity index (χ4n) is 5.09. The first-order chi connectivity index (χ1) is 18.2. The van der Waals surface area contributed by atoms with Crippen LogP contribution in [0.5, 0.6) is 0 Å². The summed E-state index contributed by atoms with van der Waals surface area (Å²) >= 11 is 0. The van der Waals surface area contributed by atoms with Gasteiger partial charge in [-0.3, -0.25) is 0 Å². The molecule has 1 fully saturated rings. The minimum Gasteiger partial charge on any atom is -0.475 e. The van der Waals surface area contributed by atoms with E-state index in [1.807, 2.05) is 35.8 Å². The van der Waals surface area contributed by atoms with Crippen LogP contribution in [0.2, 0.25) is 0 Å². The van der Waals surface area contributed by atoms with Crippen LogP contribution in [0.25, 0.3) is 22.6 Å². The summed E-state index contributed by atoms with van der Waals surface area (Å²) < 4.78 is 41.2. The predicted molar refractivity (Wildman–Crippen MR) is 138 cm³/mol. The number of nitrogens with zero attached hydrogens (tertiary/aromatic N) is 4. The van der Waals surface area contributed by atoms with Crippen molar-refractivity contribution in [3.8, 4) is 11.4 Å². The van der Waals surface area contributed by atoms with E-state index >= 15 is 0 Å². The van der Waals surface area contributed by atoms with Gasteiger partial charge in [-0.25, -0.2) is 19.7 Å². The van der Waals surface area contributed by atoms with Crippen LogP contribution in [0.3, 0.4) is 0 Å². The number of aryl methyl sites for hydroxylation is 1. The highest BCUT2D eigenvalue weighted by Crippen LogP contribution is 2.32. The van der Waals surface area contributed by atoms with E-state index in [-0.39, 0.29) is 18.0 Å². The lowest BCUT2D eigenvalue weighted by Crippen LogP contribution is -2.13. The molecule has 1 aliphatic carbocycles. The maximum Gasteiger partial charge on any atom is 0.416 e. The number of hydrogen-bond acceptors (Lipinski definition) is 5. The molecule has 0 saturated heterocycles. The summed E-state index contributed by atoms with van der Waals surface area (Å²) in [6, 6.07) is 12.7. The standard InChI is InChI=1S/C28H28F3N5O2/c1-17-5-4-8-20(15-17)26-35-24-22(36(26)16-19-9-11-21(12-10-19)28(29,30)31)23(33-25(34-24)27(37)38)32-14-13-18-6-2-3-7-18/h4-5,8-12,15,18H,2-3,6-7,13-14,16H2,1H3,(H,37,38)(H,32,33,34). The van der Waals surface area contributed by atoms with E-state index in [9.17, 15) is 23.1 Å². The van der Waals surface area contributed by atoms with Crippen molar-refractivity contribution in [3.05, 3.63) is 71.0 Å². The van der Waals surface area contributed by atoms with Gasteiger partial charge < -0.3 is 15.0 Å². The number of fused-ring (bicyclic) bond motifs is 1. The Bertz CT molecular complexity index is 1460. The van der Waals surface area contributed by atoms with E-state index in [2.05, 4.69) is 15.3 Å². The van der Waals surface area contributed by atoms with Gasteiger partial charge in [0.2, 0.25) is 5.82 Å². The smallest absolute Gasteiger partial charge is 0.416 e. The van der Waals surface area contributed by atoms with Crippen molar-refractivity contribution in [2.75, 3.05) is 11.9 Å². The van der Waals surface area contributed by atoms with Crippen molar-refractivity contribution in [2.45, 2.75) is 51.7 Å². The van der Waals surface area contributed by atoms with E-state index in [4.69, 9.17) is 4.98 Å². The van der Waals surface area contributed by atoms with Gasteiger partial charge in [-0.05, 0) is 43.0 Å². The highest BCUT2D eigenvalue weighted by atomic mass is 19.4. The van der Waals surface area contributed by atoms with Gasteiger partial charge in [-0.15, -0.1) is 0 Å². The average Bonchev–Trinajstić information content (AvgIpc) is 3.52. The van der Waals surface area contributed by atoms with Crippen LogP contribution in [-0.2, 0) is 12.7 Å². The number of alkyl halides is 3. The quantitative estimate of drug-likeness (QED) is 0.272. The summed E-state index contributed by atoms with van der Waals surface area (Å²) in [5.41, 5.74) is 2.42. The van der Waals surface area contributed by atoms with Crippen LogP contribution in [0.1, 0.15) is 59.4 Å². The second-order valence-corrected chi connectivity index (χ2v) is 9.82. The number of carbonyl (C=O) groups is 1. The van der Waals surface area contributed by atoms with Gasteiger partial charge >= 0.3 is 12.1 Å². The molecule has 2 heterocycles. The molecule has 198 valence electrons. The highest BCUT2D eigenvalue weighted by Gasteiger charge is 2.30. The van der Waals surface area contributed by atoms with E-state index < -0.39 is 17.7 Å². The zero-order valence-electron chi connectivity index (χ0n) is 20.9. The fourth-order valence-corrected chi connectivity index (χ4v) is 5.09. The maximum absolute atomic E-state index is 13.1. The lowest BCUT2D eigenvalue weighted by atomic mass is 10.0. The van der Waals surface area contributed by atoms with Crippen LogP contribution in [0.15, 0.2) is 48.5 Å². The van der Waals surface area contributed by atoms with Gasteiger partial charge in [-0.1, -0.05) is 61.6 Å². The first kappa shape index (κ1) is 25.7. The molecular formula is C28H28F3N5O2. The maximum atomic E-state index is 13.1. The molecule has 7 nitrogen and oxygen atoms in total. The molecule has 1 aliphatic rings. The van der Waals surface area contributed by atoms with Gasteiger partial charge in [0.05, 0.1) is 5.56 Å². The SMILES string of the molecule is Cc1cccc(-c2nc3nc(C(=O)O)nc(NCCC4CCCC4)c3n2Cc2ccc(C(F)(F)F)cc2)c1. The Labute approximate surface area is 217 Å². The molecule has 0 spiro atoms. The Hall–Kier alpha value is -3.95. The van der Waals surface area contributed by atoms with Crippen LogP contribution in [0.4, 0.5) is 19.0 Å². The van der Waals surface area contributed by atoms with E-state index in [0.29, 0.717) is 35.2 Å². The van der Waals surface area contributed by atoms with Crippen molar-refractivity contribution in [1.29, 1.82) is 0 Å². The molecule has 0 bridgehead atoms. The van der Waals surface area contributed by atoms with Gasteiger partial charge in [0.25, 0.3) is 0 Å². The van der Waals surface area contributed by atoms with Crippen molar-refractivity contribution in [2.24, 2.45) is 5.92 Å². The molecular weight excluding hydrogens is 495 g/mol. The number of anilines is 1. The summed E-state index contributed by atoms with van der Waals surface area (Å²) in [5, 5.41) is 13.0. The Balaban J connectivity index is 1.61. The monoisotopic (exact) mass is 523 g/mol. The number of carboxylic acids is 1. The molecule has 2 aromatic carbocycles. The van der Waals surface area contributed by atoms with E-state index in [1.54, 1.807) is 0 Å². The number of nitrogens with one attached hydrogen (secondary N) is 1. The summed E-state index contributed by atoms with van der Waals surface area (Å²) in [4.78, 5) is 25.0. The van der Waals surface area contributed by atoms with Crippen LogP contribution in [0, 0.1) is 12.8 Å². The second-order valence-electron chi connectivity index (χ2n) is 9.82. The summed E-state index contributed by atoms with van der Waals surface area (Å²) in [7, 11) is 0. The molecule has 0 unspecified atom stereocenters. The van der Waals surface area contributed by atoms with Crippen LogP contribution in [-0.4, -0.2) is 37.1 Å². The normalized spacial score (nSPS) is 14.3. The van der Waals surface area contributed by atoms with Gasteiger partial charge in [0, 0.05) is 18.7 Å². The lowest BCUT2D eigenvalue weighted by molar-refractivity contribution is -0.137. The van der Waals surface area contributed by atoms with Gasteiger partial charge in [0.15, 0.2) is 11.5 Å². The van der Waals surface area contributed by atoms with E-state index in [0.717, 1.165) is 29.7 Å². The molecule has 1 saturated carbocycles. The molecule has 4 aromatic rings. The molecule has 38 heavy (non-hydrogen) atoms. The number of imidazole rings is 1. The number of hydrogen-bond donors (Lipinski definition) is 2. The van der Waals surface area contributed by atoms with Crippen LogP contribution >= 0.6 is 0 Å². The Kier molecular flexibility index (Phi) is 7.05. The molecule has 0 atom stereocenters. The molecule has 0 amide bonds. The van der Waals surface area contributed by atoms with Gasteiger partial charge in [-0.2, -0.15) is 13.2 Å². The van der Waals surface area contributed by atoms with Crippen LogP contribution < -0.4 is 5.32 Å². The third-order valence-electron chi connectivity index (χ3n) is 7.01. The number of aromatic carboxylic acids is 1. The van der Waals surface area contributed by atoms with Crippen molar-refractivity contribution in [1.82, 2.24) is 19.5 Å². The zero-order valence-corrected chi connectivity index (χ0v) is 20.9. The molecule has 0 radical (unpaired) electrons. The summed E-state index contributed by atoms with van der Waals surface area (Å²) in [5.74, 6) is -0.127. The average molecular weight is 524 g/mol. The molecule has 10 heteroatoms. The molecule has 2 aromatic heterocycles. The fraction of sp³-hybridized carbons (Fsp3) is 0.357. The minimum atomic E-state index is -4.43. The van der Waals surface area contributed by atoms with Crippen molar-refractivity contribution >= 4 is 23.0 Å². The highest BCUT2D eigenvalue weighted by molar-refractivity contribution is 5.92. The van der Waals surface area contributed by atoms with E-state index in [1.165, 1.54) is 37.8 Å². The topological polar surface area (TPSA) is 92.9 Å². The third kappa shape index (κ3) is 5.49. The molecule has 5 rings (SSSR count). The number of halogens is 3. The Morgan fingerprint density at radius 1 is 1.08 bits per heavy atom. The lowest BCUT2D eigenvalue weighted by Gasteiger charge is -2.15. The number of rotatable bonds is 8. The molecule has 0 aliphatic heterocycles. The Morgan fingerprint density at radius 2 is 1.82 bits per heavy atom. The number of benzene rings is 2. The minimum absolute atomic E-state index is 0.199. The van der Waals surface area contributed by atoms with Gasteiger partial charge in [0.1, 0.15) is 11.3 Å². The zero-order chi connectivity index (χ0) is 26.9. The molecule has 2 N–H and O–H groups in total. The number of carboxylic acid groups (broad SMARTS) is 1. The predicted octanol–water partition coefficient (Wildman–Crippen LogP) is 6.56. The van der Waals surface area contributed by atoms with Crippen molar-refractivity contribution < 1.29 is 23.1 Å². The summed E-state index contributed by atoms with van der Waals surface area (Å²) in [6.07, 6.45) is 1.34. The van der Waals surface area contributed by atoms with Crippen molar-refractivity contribution in [3.63, 3.8) is 0 Å².